The Morgan fingerprint density at radius 2 is 1.83 bits per heavy atom. The number of ether oxygens (including phenoxy) is 2. The van der Waals surface area contributed by atoms with Crippen LogP contribution in [-0.4, -0.2) is 23.2 Å². The largest absolute Gasteiger partial charge is 0.493 e. The molecule has 1 heterocycles. The first kappa shape index (κ1) is 26.4. The number of carbonyl (C=O) groups is 2. The van der Waals surface area contributed by atoms with E-state index in [1.807, 2.05) is 18.2 Å². The van der Waals surface area contributed by atoms with Gasteiger partial charge in [0.2, 0.25) is 0 Å². The van der Waals surface area contributed by atoms with Crippen LogP contribution < -0.4 is 9.47 Å². The second-order valence-electron chi connectivity index (χ2n) is 7.56. The Morgan fingerprint density at radius 3 is 2.53 bits per heavy atom. The smallest absolute Gasteiger partial charge is 0.293 e. The highest BCUT2D eigenvalue weighted by Gasteiger charge is 2.35. The van der Waals surface area contributed by atoms with E-state index in [1.165, 1.54) is 7.11 Å². The van der Waals surface area contributed by atoms with Gasteiger partial charge in [0.05, 0.1) is 33.8 Å². The van der Waals surface area contributed by atoms with Gasteiger partial charge in [-0.2, -0.15) is 5.26 Å². The molecule has 10 heteroatoms. The van der Waals surface area contributed by atoms with E-state index in [0.29, 0.717) is 38.2 Å². The number of hydrogen-bond acceptors (Lipinski definition) is 6. The van der Waals surface area contributed by atoms with Gasteiger partial charge in [0, 0.05) is 21.2 Å². The molecule has 0 aliphatic carbocycles. The van der Waals surface area contributed by atoms with Crippen LogP contribution in [0.5, 0.6) is 11.5 Å². The topological polar surface area (TPSA) is 79.6 Å². The Balaban J connectivity index is 1.56. The van der Waals surface area contributed by atoms with E-state index >= 15 is 0 Å². The molecule has 0 N–H and O–H groups in total. The summed E-state index contributed by atoms with van der Waals surface area (Å²) in [5.41, 5.74) is 2.48. The van der Waals surface area contributed by atoms with E-state index in [9.17, 15) is 14.9 Å². The zero-order chi connectivity index (χ0) is 25.8. The fourth-order valence-electron chi connectivity index (χ4n) is 3.50. The Labute approximate surface area is 235 Å². The van der Waals surface area contributed by atoms with Gasteiger partial charge in [-0.05, 0) is 76.3 Å². The predicted octanol–water partition coefficient (Wildman–Crippen LogP) is 7.29. The van der Waals surface area contributed by atoms with Crippen LogP contribution in [0, 0.1) is 14.9 Å². The first-order chi connectivity index (χ1) is 17.3. The molecule has 4 rings (SSSR count). The van der Waals surface area contributed by atoms with Crippen molar-refractivity contribution in [2.75, 3.05) is 7.11 Å². The summed E-state index contributed by atoms with van der Waals surface area (Å²) >= 11 is 15.4. The van der Waals surface area contributed by atoms with Crippen LogP contribution in [0.2, 0.25) is 10.0 Å². The van der Waals surface area contributed by atoms with Gasteiger partial charge in [0.1, 0.15) is 6.61 Å². The molecule has 0 unspecified atom stereocenters. The van der Waals surface area contributed by atoms with Crippen molar-refractivity contribution in [3.8, 4) is 17.6 Å². The molecule has 36 heavy (non-hydrogen) atoms. The molecule has 1 aliphatic heterocycles. The minimum Gasteiger partial charge on any atom is -0.493 e. The molecular weight excluding hydrogens is 634 g/mol. The SMILES string of the molecule is COc1cc(/C=C2/SC(=O)N(Cc3c(Cl)cccc3Cl)C2=O)cc(I)c1OCc1ccccc1C#N. The maximum atomic E-state index is 13.0. The summed E-state index contributed by atoms with van der Waals surface area (Å²) < 4.78 is 12.3. The first-order valence-corrected chi connectivity index (χ1v) is 13.1. The minimum absolute atomic E-state index is 0.0156. The van der Waals surface area contributed by atoms with E-state index in [1.54, 1.807) is 42.5 Å². The fourth-order valence-corrected chi connectivity index (χ4v) is 5.63. The Kier molecular flexibility index (Phi) is 8.46. The van der Waals surface area contributed by atoms with Crippen LogP contribution in [0.25, 0.3) is 6.08 Å². The Bertz CT molecular complexity index is 1420. The predicted molar refractivity (Wildman–Crippen MR) is 149 cm³/mol. The molecule has 3 aromatic rings. The summed E-state index contributed by atoms with van der Waals surface area (Å²) in [5.74, 6) is 0.553. The molecule has 3 aromatic carbocycles. The Morgan fingerprint density at radius 1 is 1.11 bits per heavy atom. The summed E-state index contributed by atoms with van der Waals surface area (Å²) in [7, 11) is 1.52. The summed E-state index contributed by atoms with van der Waals surface area (Å²) in [6.45, 7) is 0.178. The molecule has 182 valence electrons. The molecular formula is C26H17Cl2IN2O4S. The normalized spacial score (nSPS) is 14.3. The molecule has 0 bridgehead atoms. The van der Waals surface area contributed by atoms with Crippen LogP contribution in [0.4, 0.5) is 4.79 Å². The number of hydrogen-bond donors (Lipinski definition) is 0. The van der Waals surface area contributed by atoms with Crippen molar-refractivity contribution in [2.45, 2.75) is 13.2 Å². The quantitative estimate of drug-likeness (QED) is 0.197. The number of methoxy groups -OCH3 is 1. The number of amides is 2. The third kappa shape index (κ3) is 5.65. The number of nitriles is 1. The van der Waals surface area contributed by atoms with Gasteiger partial charge in [0.15, 0.2) is 11.5 Å². The number of benzene rings is 3. The van der Waals surface area contributed by atoms with Crippen LogP contribution in [0.3, 0.4) is 0 Å². The molecule has 0 spiro atoms. The standard InChI is InChI=1S/C26H17Cl2IN2O4S/c1-34-22-10-15(9-21(29)24(22)35-14-17-6-3-2-5-16(17)12-30)11-23-25(32)31(26(33)36-23)13-18-19(27)7-4-8-20(18)28/h2-11H,13-14H2,1H3/b23-11+. The summed E-state index contributed by atoms with van der Waals surface area (Å²) in [6, 6.07) is 17.9. The number of thioether (sulfide) groups is 1. The maximum Gasteiger partial charge on any atom is 0.293 e. The molecule has 1 aliphatic rings. The number of nitrogens with zero attached hydrogens (tertiary/aromatic N) is 2. The van der Waals surface area contributed by atoms with Gasteiger partial charge >= 0.3 is 0 Å². The molecule has 1 saturated heterocycles. The van der Waals surface area contributed by atoms with Crippen LogP contribution >= 0.6 is 57.6 Å². The van der Waals surface area contributed by atoms with Crippen molar-refractivity contribution in [2.24, 2.45) is 0 Å². The first-order valence-electron chi connectivity index (χ1n) is 10.5. The van der Waals surface area contributed by atoms with Crippen molar-refractivity contribution >= 4 is 74.8 Å². The average molecular weight is 651 g/mol. The fraction of sp³-hybridized carbons (Fsp3) is 0.115. The number of rotatable bonds is 7. The molecule has 0 radical (unpaired) electrons. The average Bonchev–Trinajstić information content (AvgIpc) is 3.12. The highest BCUT2D eigenvalue weighted by Crippen LogP contribution is 2.39. The van der Waals surface area contributed by atoms with Crippen molar-refractivity contribution in [3.05, 3.63) is 95.4 Å². The van der Waals surface area contributed by atoms with Crippen LogP contribution in [0.1, 0.15) is 22.3 Å². The maximum absolute atomic E-state index is 13.0. The van der Waals surface area contributed by atoms with E-state index in [2.05, 4.69) is 28.7 Å². The van der Waals surface area contributed by atoms with Gasteiger partial charge in [0.25, 0.3) is 11.1 Å². The lowest BCUT2D eigenvalue weighted by molar-refractivity contribution is -0.123. The highest BCUT2D eigenvalue weighted by molar-refractivity contribution is 14.1. The number of halogens is 3. The lowest BCUT2D eigenvalue weighted by atomic mass is 10.1. The van der Waals surface area contributed by atoms with Crippen LogP contribution in [-0.2, 0) is 17.9 Å². The monoisotopic (exact) mass is 650 g/mol. The van der Waals surface area contributed by atoms with E-state index in [-0.39, 0.29) is 18.1 Å². The Hall–Kier alpha value is -2.71. The van der Waals surface area contributed by atoms with Gasteiger partial charge in [-0.15, -0.1) is 0 Å². The van der Waals surface area contributed by atoms with Gasteiger partial charge in [-0.1, -0.05) is 47.5 Å². The summed E-state index contributed by atoms with van der Waals surface area (Å²) in [4.78, 5) is 27.0. The zero-order valence-corrected chi connectivity index (χ0v) is 23.2. The highest BCUT2D eigenvalue weighted by atomic mass is 127. The van der Waals surface area contributed by atoms with E-state index < -0.39 is 11.1 Å². The molecule has 6 nitrogen and oxygen atoms in total. The molecule has 1 fully saturated rings. The molecule has 2 amide bonds. The van der Waals surface area contributed by atoms with Crippen molar-refractivity contribution in [1.29, 1.82) is 5.26 Å². The summed E-state index contributed by atoms with van der Waals surface area (Å²) in [5, 5.41) is 9.67. The van der Waals surface area contributed by atoms with Crippen molar-refractivity contribution in [3.63, 3.8) is 0 Å². The van der Waals surface area contributed by atoms with E-state index in [4.69, 9.17) is 32.7 Å². The molecule has 0 aromatic heterocycles. The van der Waals surface area contributed by atoms with Gasteiger partial charge in [-0.25, -0.2) is 0 Å². The number of carbonyl (C=O) groups excluding carboxylic acids is 2. The molecule has 0 atom stereocenters. The van der Waals surface area contributed by atoms with Gasteiger partial charge < -0.3 is 9.47 Å². The summed E-state index contributed by atoms with van der Waals surface area (Å²) in [6.07, 6.45) is 1.64. The third-order valence-corrected chi connectivity index (χ3v) is 7.73. The van der Waals surface area contributed by atoms with Crippen molar-refractivity contribution in [1.82, 2.24) is 4.90 Å². The second-order valence-corrected chi connectivity index (χ2v) is 10.5. The number of imide groups is 1. The minimum atomic E-state index is -0.427. The third-order valence-electron chi connectivity index (χ3n) is 5.31. The lowest BCUT2D eigenvalue weighted by Gasteiger charge is -2.15. The molecule has 0 saturated carbocycles. The zero-order valence-electron chi connectivity index (χ0n) is 18.8. The lowest BCUT2D eigenvalue weighted by Crippen LogP contribution is -2.27. The van der Waals surface area contributed by atoms with E-state index in [0.717, 1.165) is 25.8 Å². The second kappa shape index (κ2) is 11.6. The van der Waals surface area contributed by atoms with Crippen molar-refractivity contribution < 1.29 is 19.1 Å². The van der Waals surface area contributed by atoms with Gasteiger partial charge in [-0.3, -0.25) is 14.5 Å². The van der Waals surface area contributed by atoms with Crippen LogP contribution in [0.15, 0.2) is 59.5 Å².